The molecule has 43 heavy (non-hydrogen) atoms. The first-order valence-corrected chi connectivity index (χ1v) is 16.2. The molecule has 1 N–H and O–H groups in total. The third kappa shape index (κ3) is 12.3. The molecular formula is C36H61N3O4. The number of nitrogens with one attached hydrogen (secondary N) is 1. The van der Waals surface area contributed by atoms with Crippen LogP contribution >= 0.6 is 0 Å². The van der Waals surface area contributed by atoms with Gasteiger partial charge in [0.2, 0.25) is 23.6 Å². The second kappa shape index (κ2) is 14.2. The van der Waals surface area contributed by atoms with Gasteiger partial charge in [0, 0.05) is 39.0 Å². The van der Waals surface area contributed by atoms with Crippen LogP contribution in [0.15, 0.2) is 24.3 Å². The van der Waals surface area contributed by atoms with Crippen molar-refractivity contribution < 1.29 is 19.2 Å². The van der Waals surface area contributed by atoms with Crippen LogP contribution in [0.25, 0.3) is 0 Å². The molecule has 2 aliphatic rings. The normalized spacial score (nSPS) is 20.5. The highest BCUT2D eigenvalue weighted by atomic mass is 16.2. The fraction of sp³-hybridized carbons (Fsp3) is 0.778. The Morgan fingerprint density at radius 2 is 0.977 bits per heavy atom. The molecule has 0 aromatic heterocycles. The Morgan fingerprint density at radius 1 is 0.651 bits per heavy atom. The van der Waals surface area contributed by atoms with Crippen LogP contribution in [0, 0.1) is 33.5 Å². The second-order valence-corrected chi connectivity index (χ2v) is 17.4. The van der Waals surface area contributed by atoms with Crippen LogP contribution < -0.4 is 5.32 Å². The molecule has 2 heterocycles. The van der Waals surface area contributed by atoms with E-state index >= 15 is 0 Å². The van der Waals surface area contributed by atoms with Crippen molar-refractivity contribution >= 4 is 23.6 Å². The molecule has 244 valence electrons. The monoisotopic (exact) mass is 599 g/mol. The average molecular weight is 600 g/mol. The zero-order valence-electron chi connectivity index (χ0n) is 29.1. The van der Waals surface area contributed by atoms with Crippen molar-refractivity contribution in [1.29, 1.82) is 0 Å². The lowest BCUT2D eigenvalue weighted by Gasteiger charge is -2.33. The molecule has 0 radical (unpaired) electrons. The standard InChI is InChI=1S/C36H61N3O4/c1-25(21-35(9,10)23-33(3,4)5)17-27-19-29(40)38(31(27)42)15-13-37-14-16-39-30(41)20-28(32(39)43)18-26(2)22-36(11,12)24-34(6,7)8/h27-28,37H,1-2,13-24H2,3-12H3. The molecule has 2 unspecified atom stereocenters. The van der Waals surface area contributed by atoms with E-state index in [0.717, 1.165) is 36.8 Å². The molecule has 0 bridgehead atoms. The maximum absolute atomic E-state index is 13.0. The van der Waals surface area contributed by atoms with Gasteiger partial charge in [-0.05, 0) is 60.2 Å². The van der Waals surface area contributed by atoms with Gasteiger partial charge < -0.3 is 5.32 Å². The van der Waals surface area contributed by atoms with E-state index in [-0.39, 0.29) is 83.1 Å². The van der Waals surface area contributed by atoms with Crippen LogP contribution in [0.4, 0.5) is 0 Å². The zero-order valence-corrected chi connectivity index (χ0v) is 29.1. The van der Waals surface area contributed by atoms with Crippen LogP contribution in [-0.4, -0.2) is 59.6 Å². The fourth-order valence-corrected chi connectivity index (χ4v) is 7.99. The summed E-state index contributed by atoms with van der Waals surface area (Å²) in [5.74, 6) is -1.21. The Kier molecular flexibility index (Phi) is 12.2. The predicted molar refractivity (Wildman–Crippen MR) is 175 cm³/mol. The van der Waals surface area contributed by atoms with E-state index in [1.165, 1.54) is 9.80 Å². The third-order valence-electron chi connectivity index (χ3n) is 8.24. The quantitative estimate of drug-likeness (QED) is 0.118. The van der Waals surface area contributed by atoms with E-state index in [4.69, 9.17) is 0 Å². The summed E-state index contributed by atoms with van der Waals surface area (Å²) >= 11 is 0. The number of hydrogen-bond donors (Lipinski definition) is 1. The Morgan fingerprint density at radius 3 is 1.28 bits per heavy atom. The Labute approximate surface area is 262 Å². The summed E-state index contributed by atoms with van der Waals surface area (Å²) in [6.07, 6.45) is 5.32. The lowest BCUT2D eigenvalue weighted by atomic mass is 9.72. The lowest BCUT2D eigenvalue weighted by molar-refractivity contribution is -0.140. The highest BCUT2D eigenvalue weighted by Gasteiger charge is 2.40. The van der Waals surface area contributed by atoms with E-state index in [1.54, 1.807) is 0 Å². The molecular weight excluding hydrogens is 538 g/mol. The molecule has 2 fully saturated rings. The number of rotatable bonds is 16. The number of amides is 4. The summed E-state index contributed by atoms with van der Waals surface area (Å²) in [6.45, 7) is 32.2. The van der Waals surface area contributed by atoms with Gasteiger partial charge in [0.25, 0.3) is 0 Å². The third-order valence-corrected chi connectivity index (χ3v) is 8.24. The van der Waals surface area contributed by atoms with Crippen LogP contribution in [0.2, 0.25) is 0 Å². The van der Waals surface area contributed by atoms with Gasteiger partial charge in [-0.3, -0.25) is 29.0 Å². The summed E-state index contributed by atoms with van der Waals surface area (Å²) in [5.41, 5.74) is 2.63. The van der Waals surface area contributed by atoms with Crippen molar-refractivity contribution in [3.05, 3.63) is 24.3 Å². The Bertz CT molecular complexity index is 989. The Balaban J connectivity index is 1.76. The summed E-state index contributed by atoms with van der Waals surface area (Å²) < 4.78 is 0. The summed E-state index contributed by atoms with van der Waals surface area (Å²) in [6, 6.07) is 0. The van der Waals surface area contributed by atoms with Crippen LogP contribution in [0.1, 0.15) is 121 Å². The number of hydrogen-bond acceptors (Lipinski definition) is 5. The maximum Gasteiger partial charge on any atom is 0.233 e. The Hall–Kier alpha value is -2.28. The molecule has 0 aliphatic carbocycles. The van der Waals surface area contributed by atoms with Crippen molar-refractivity contribution in [3.8, 4) is 0 Å². The van der Waals surface area contributed by atoms with Crippen molar-refractivity contribution in [3.63, 3.8) is 0 Å². The highest BCUT2D eigenvalue weighted by molar-refractivity contribution is 6.04. The van der Waals surface area contributed by atoms with Crippen molar-refractivity contribution in [2.24, 2.45) is 33.5 Å². The van der Waals surface area contributed by atoms with E-state index in [9.17, 15) is 19.2 Å². The fourth-order valence-electron chi connectivity index (χ4n) is 7.99. The first-order chi connectivity index (χ1) is 19.5. The van der Waals surface area contributed by atoms with Crippen LogP contribution in [0.5, 0.6) is 0 Å². The van der Waals surface area contributed by atoms with Crippen molar-refractivity contribution in [2.75, 3.05) is 26.2 Å². The molecule has 2 rings (SSSR count). The molecule has 7 heteroatoms. The van der Waals surface area contributed by atoms with Crippen molar-refractivity contribution in [1.82, 2.24) is 15.1 Å². The van der Waals surface area contributed by atoms with Crippen LogP contribution in [-0.2, 0) is 19.2 Å². The van der Waals surface area contributed by atoms with Gasteiger partial charge in [-0.25, -0.2) is 0 Å². The number of allylic oxidation sites excluding steroid dienone is 2. The molecule has 2 aliphatic heterocycles. The number of likely N-dealkylation sites (tertiary alicyclic amines) is 2. The van der Waals surface area contributed by atoms with Crippen molar-refractivity contribution in [2.45, 2.75) is 121 Å². The second-order valence-electron chi connectivity index (χ2n) is 17.4. The van der Waals surface area contributed by atoms with Gasteiger partial charge >= 0.3 is 0 Å². The van der Waals surface area contributed by atoms with Gasteiger partial charge in [0.1, 0.15) is 0 Å². The molecule has 2 atom stereocenters. The number of carbonyl (C=O) groups excluding carboxylic acids is 4. The smallest absolute Gasteiger partial charge is 0.233 e. The molecule has 0 aromatic rings. The van der Waals surface area contributed by atoms with Gasteiger partial charge in [0.15, 0.2) is 0 Å². The SMILES string of the molecule is C=C(CC1CC(=O)N(CCNCCN2C(=O)CC(CC(=C)CC(C)(C)CC(C)(C)C)C2=O)C1=O)CC(C)(C)CC(C)(C)C. The molecule has 0 saturated carbocycles. The number of carbonyl (C=O) groups is 4. The topological polar surface area (TPSA) is 86.8 Å². The maximum atomic E-state index is 13.0. The number of imide groups is 2. The minimum absolute atomic E-state index is 0.0830. The van der Waals surface area contributed by atoms with E-state index in [0.29, 0.717) is 25.9 Å². The minimum Gasteiger partial charge on any atom is -0.313 e. The van der Waals surface area contributed by atoms with Gasteiger partial charge in [0.05, 0.1) is 11.8 Å². The lowest BCUT2D eigenvalue weighted by Crippen LogP contribution is -2.40. The van der Waals surface area contributed by atoms with Gasteiger partial charge in [-0.2, -0.15) is 0 Å². The largest absolute Gasteiger partial charge is 0.313 e. The van der Waals surface area contributed by atoms with E-state index < -0.39 is 0 Å². The first kappa shape index (κ1) is 36.9. The molecule has 4 amide bonds. The average Bonchev–Trinajstić information content (AvgIpc) is 3.17. The molecule has 0 spiro atoms. The zero-order chi connectivity index (χ0) is 33.0. The summed E-state index contributed by atoms with van der Waals surface area (Å²) in [7, 11) is 0. The minimum atomic E-state index is -0.337. The highest BCUT2D eigenvalue weighted by Crippen LogP contribution is 2.40. The van der Waals surface area contributed by atoms with E-state index in [1.807, 2.05) is 0 Å². The first-order valence-electron chi connectivity index (χ1n) is 16.2. The molecule has 7 nitrogen and oxygen atoms in total. The summed E-state index contributed by atoms with van der Waals surface area (Å²) in [4.78, 5) is 54.0. The molecule has 2 saturated heterocycles. The molecule has 0 aromatic carbocycles. The van der Waals surface area contributed by atoms with Gasteiger partial charge in [-0.1, -0.05) is 93.5 Å². The predicted octanol–water partition coefficient (Wildman–Crippen LogP) is 6.92. The van der Waals surface area contributed by atoms with Crippen LogP contribution in [0.3, 0.4) is 0 Å². The van der Waals surface area contributed by atoms with E-state index in [2.05, 4.69) is 87.7 Å². The number of nitrogens with zero attached hydrogens (tertiary/aromatic N) is 2. The summed E-state index contributed by atoms with van der Waals surface area (Å²) in [5, 5.41) is 3.21. The van der Waals surface area contributed by atoms with Gasteiger partial charge in [-0.15, -0.1) is 0 Å².